The van der Waals surface area contributed by atoms with Gasteiger partial charge in [0.05, 0.1) is 12.0 Å². The van der Waals surface area contributed by atoms with Crippen LogP contribution in [0.3, 0.4) is 0 Å². The Morgan fingerprint density at radius 3 is 2.71 bits per heavy atom. The van der Waals surface area contributed by atoms with Crippen molar-refractivity contribution >= 4 is 17.5 Å². The fourth-order valence-electron chi connectivity index (χ4n) is 3.72. The number of hydrogen-bond donors (Lipinski definition) is 1. The molecule has 0 aliphatic carbocycles. The van der Waals surface area contributed by atoms with Gasteiger partial charge in [-0.1, -0.05) is 0 Å². The molecule has 4 rings (SSSR count). The topological polar surface area (TPSA) is 79.9 Å². The lowest BCUT2D eigenvalue weighted by Gasteiger charge is -2.16. The zero-order valence-electron chi connectivity index (χ0n) is 15.9. The van der Waals surface area contributed by atoms with E-state index < -0.39 is 11.9 Å². The van der Waals surface area contributed by atoms with Gasteiger partial charge in [0.15, 0.2) is 5.69 Å². The zero-order valence-corrected chi connectivity index (χ0v) is 15.9. The summed E-state index contributed by atoms with van der Waals surface area (Å²) in [6.07, 6.45) is 1.56. The molecule has 2 atom stereocenters. The van der Waals surface area contributed by atoms with Crippen LogP contribution >= 0.6 is 0 Å². The molecule has 1 fully saturated rings. The van der Waals surface area contributed by atoms with E-state index in [0.29, 0.717) is 18.0 Å². The van der Waals surface area contributed by atoms with E-state index in [2.05, 4.69) is 10.3 Å². The lowest BCUT2D eigenvalue weighted by molar-refractivity contribution is -0.119. The van der Waals surface area contributed by atoms with Crippen molar-refractivity contribution in [3.05, 3.63) is 59.2 Å². The predicted molar refractivity (Wildman–Crippen MR) is 99.6 cm³/mol. The predicted octanol–water partition coefficient (Wildman–Crippen LogP) is 2.43. The fourth-order valence-corrected chi connectivity index (χ4v) is 3.72. The molecule has 4 heterocycles. The van der Waals surface area contributed by atoms with Gasteiger partial charge < -0.3 is 14.6 Å². The molecule has 0 saturated carbocycles. The summed E-state index contributed by atoms with van der Waals surface area (Å²) in [4.78, 5) is 30.3. The number of fused-ring (bicyclic) bond motifs is 1. The van der Waals surface area contributed by atoms with E-state index in [1.54, 1.807) is 18.3 Å². The Hall–Kier alpha value is -3.16. The molecule has 0 bridgehead atoms. The van der Waals surface area contributed by atoms with Crippen molar-refractivity contribution < 1.29 is 18.4 Å². The average Bonchev–Trinajstić information content (AvgIpc) is 3.31. The molecule has 0 spiro atoms. The number of amides is 2. The molecular weight excluding hydrogens is 363 g/mol. The Morgan fingerprint density at radius 2 is 2.04 bits per heavy atom. The first-order chi connectivity index (χ1) is 13.3. The van der Waals surface area contributed by atoms with Crippen LogP contribution in [0.4, 0.5) is 4.39 Å². The molecule has 3 aromatic heterocycles. The Balaban J connectivity index is 1.64. The van der Waals surface area contributed by atoms with E-state index in [1.807, 2.05) is 26.0 Å². The highest BCUT2D eigenvalue weighted by Crippen LogP contribution is 2.30. The van der Waals surface area contributed by atoms with Gasteiger partial charge in [-0.25, -0.2) is 4.98 Å². The second kappa shape index (κ2) is 6.78. The summed E-state index contributed by atoms with van der Waals surface area (Å²) >= 11 is 0. The summed E-state index contributed by atoms with van der Waals surface area (Å²) in [5.74, 6) is -0.139. The number of carbonyl (C=O) groups is 2. The Morgan fingerprint density at radius 1 is 1.25 bits per heavy atom. The molecule has 146 valence electrons. The summed E-state index contributed by atoms with van der Waals surface area (Å²) in [6.45, 7) is 5.71. The van der Waals surface area contributed by atoms with Crippen molar-refractivity contribution in [3.63, 3.8) is 0 Å². The SMILES string of the molecule is CC(=O)NC1CN(C(=O)c2nc3cc(C)ccn3c2F)CC1c1ccc(C)o1. The van der Waals surface area contributed by atoms with E-state index in [4.69, 9.17) is 4.42 Å². The van der Waals surface area contributed by atoms with Gasteiger partial charge in [-0.15, -0.1) is 0 Å². The van der Waals surface area contributed by atoms with Crippen LogP contribution in [-0.2, 0) is 4.79 Å². The van der Waals surface area contributed by atoms with Gasteiger partial charge in [0.2, 0.25) is 11.9 Å². The second-order valence-electron chi connectivity index (χ2n) is 7.26. The monoisotopic (exact) mass is 384 g/mol. The molecule has 7 nitrogen and oxygen atoms in total. The molecule has 1 aliphatic rings. The highest BCUT2D eigenvalue weighted by atomic mass is 19.1. The van der Waals surface area contributed by atoms with Gasteiger partial charge in [0.1, 0.15) is 17.2 Å². The second-order valence-corrected chi connectivity index (χ2v) is 7.26. The number of rotatable bonds is 3. The van der Waals surface area contributed by atoms with Crippen molar-refractivity contribution in [2.75, 3.05) is 13.1 Å². The Labute approximate surface area is 161 Å². The maximum absolute atomic E-state index is 14.8. The van der Waals surface area contributed by atoms with Crippen LogP contribution in [-0.4, -0.2) is 45.2 Å². The number of nitrogens with zero attached hydrogens (tertiary/aromatic N) is 3. The number of aromatic nitrogens is 2. The number of aryl methyl sites for hydroxylation is 2. The Bertz CT molecular complexity index is 1070. The van der Waals surface area contributed by atoms with Crippen molar-refractivity contribution in [3.8, 4) is 0 Å². The van der Waals surface area contributed by atoms with Crippen molar-refractivity contribution in [1.82, 2.24) is 19.6 Å². The molecule has 1 N–H and O–H groups in total. The van der Waals surface area contributed by atoms with Crippen LogP contribution in [0.15, 0.2) is 34.9 Å². The number of carbonyl (C=O) groups excluding carboxylic acids is 2. The summed E-state index contributed by atoms with van der Waals surface area (Å²) < 4.78 is 21.7. The fraction of sp³-hybridized carbons (Fsp3) is 0.350. The largest absolute Gasteiger partial charge is 0.466 e. The van der Waals surface area contributed by atoms with Crippen LogP contribution in [0.2, 0.25) is 0 Å². The first-order valence-electron chi connectivity index (χ1n) is 9.10. The van der Waals surface area contributed by atoms with Crippen LogP contribution in [0.5, 0.6) is 0 Å². The minimum atomic E-state index is -0.687. The number of pyridine rings is 1. The van der Waals surface area contributed by atoms with E-state index in [-0.39, 0.29) is 30.1 Å². The van der Waals surface area contributed by atoms with Crippen LogP contribution < -0.4 is 5.32 Å². The average molecular weight is 384 g/mol. The third-order valence-corrected chi connectivity index (χ3v) is 5.05. The molecule has 0 aromatic carbocycles. The minimum Gasteiger partial charge on any atom is -0.466 e. The van der Waals surface area contributed by atoms with Crippen molar-refractivity contribution in [2.45, 2.75) is 32.7 Å². The van der Waals surface area contributed by atoms with Crippen molar-refractivity contribution in [2.24, 2.45) is 0 Å². The van der Waals surface area contributed by atoms with Gasteiger partial charge in [-0.2, -0.15) is 4.39 Å². The van der Waals surface area contributed by atoms with Gasteiger partial charge in [0, 0.05) is 26.2 Å². The number of furan rings is 1. The first kappa shape index (κ1) is 18.2. The van der Waals surface area contributed by atoms with Gasteiger partial charge in [-0.05, 0) is 43.7 Å². The molecule has 2 unspecified atom stereocenters. The molecular formula is C20H21FN4O3. The molecule has 8 heteroatoms. The van der Waals surface area contributed by atoms with E-state index in [9.17, 15) is 14.0 Å². The van der Waals surface area contributed by atoms with Crippen LogP contribution in [0, 0.1) is 19.8 Å². The molecule has 0 radical (unpaired) electrons. The van der Waals surface area contributed by atoms with E-state index in [0.717, 1.165) is 11.3 Å². The number of imidazole rings is 1. The summed E-state index contributed by atoms with van der Waals surface area (Å²) in [5.41, 5.74) is 1.09. The third-order valence-electron chi connectivity index (χ3n) is 5.05. The third kappa shape index (κ3) is 3.15. The Kier molecular flexibility index (Phi) is 4.41. The molecule has 2 amide bonds. The van der Waals surface area contributed by atoms with E-state index in [1.165, 1.54) is 16.2 Å². The first-order valence-corrected chi connectivity index (χ1v) is 9.10. The normalized spacial score (nSPS) is 19.4. The molecule has 3 aromatic rings. The highest BCUT2D eigenvalue weighted by Gasteiger charge is 2.40. The smallest absolute Gasteiger partial charge is 0.277 e. The standard InChI is InChI=1S/C20H21FN4O3/c1-11-6-7-25-17(8-11)23-18(19(25)21)20(27)24-9-14(15(10-24)22-13(3)26)16-5-4-12(2)28-16/h4-8,14-15H,9-10H2,1-3H3,(H,22,26). The quantitative estimate of drug-likeness (QED) is 0.752. The van der Waals surface area contributed by atoms with Gasteiger partial charge in [-0.3, -0.25) is 14.0 Å². The van der Waals surface area contributed by atoms with Crippen LogP contribution in [0.1, 0.15) is 40.4 Å². The summed E-state index contributed by atoms with van der Waals surface area (Å²) in [6, 6.07) is 6.85. The maximum atomic E-state index is 14.8. The number of halogens is 1. The summed E-state index contributed by atoms with van der Waals surface area (Å²) in [5, 5.41) is 2.87. The highest BCUT2D eigenvalue weighted by molar-refractivity contribution is 5.93. The summed E-state index contributed by atoms with van der Waals surface area (Å²) in [7, 11) is 0. The maximum Gasteiger partial charge on any atom is 0.277 e. The van der Waals surface area contributed by atoms with Crippen molar-refractivity contribution in [1.29, 1.82) is 0 Å². The number of likely N-dealkylation sites (tertiary alicyclic amines) is 1. The minimum absolute atomic E-state index is 0.193. The zero-order chi connectivity index (χ0) is 20.0. The number of nitrogens with one attached hydrogen (secondary N) is 1. The van der Waals surface area contributed by atoms with Gasteiger partial charge >= 0.3 is 0 Å². The molecule has 1 aliphatic heterocycles. The number of hydrogen-bond acceptors (Lipinski definition) is 4. The lowest BCUT2D eigenvalue weighted by atomic mass is 10.0. The lowest BCUT2D eigenvalue weighted by Crippen LogP contribution is -2.39. The van der Waals surface area contributed by atoms with E-state index >= 15 is 0 Å². The molecule has 28 heavy (non-hydrogen) atoms. The van der Waals surface area contributed by atoms with Gasteiger partial charge in [0.25, 0.3) is 5.91 Å². The van der Waals surface area contributed by atoms with Crippen LogP contribution in [0.25, 0.3) is 5.65 Å². The molecule has 1 saturated heterocycles.